The van der Waals surface area contributed by atoms with Crippen LogP contribution in [0.15, 0.2) is 30.5 Å². The van der Waals surface area contributed by atoms with Gasteiger partial charge >= 0.3 is 6.03 Å². The van der Waals surface area contributed by atoms with Crippen molar-refractivity contribution in [3.8, 4) is 0 Å². The van der Waals surface area contributed by atoms with Crippen LogP contribution in [0.1, 0.15) is 44.4 Å². The van der Waals surface area contributed by atoms with Crippen LogP contribution in [0.25, 0.3) is 0 Å². The van der Waals surface area contributed by atoms with E-state index in [4.69, 9.17) is 5.11 Å². The lowest BCUT2D eigenvalue weighted by Gasteiger charge is -2.31. The smallest absolute Gasteiger partial charge is 0.328 e. The van der Waals surface area contributed by atoms with Crippen LogP contribution in [0.3, 0.4) is 0 Å². The summed E-state index contributed by atoms with van der Waals surface area (Å²) in [5.74, 6) is 0.953. The molecule has 1 unspecified atom stereocenters. The van der Waals surface area contributed by atoms with Gasteiger partial charge in [0.2, 0.25) is 0 Å². The van der Waals surface area contributed by atoms with Gasteiger partial charge in [0, 0.05) is 30.5 Å². The van der Waals surface area contributed by atoms with Crippen LogP contribution in [0.5, 0.6) is 0 Å². The number of aromatic nitrogens is 2. The zero-order valence-corrected chi connectivity index (χ0v) is 17.4. The van der Waals surface area contributed by atoms with Gasteiger partial charge in [0.25, 0.3) is 0 Å². The van der Waals surface area contributed by atoms with Gasteiger partial charge in [0.15, 0.2) is 0 Å². The van der Waals surface area contributed by atoms with Gasteiger partial charge in [-0.15, -0.1) is 0 Å². The van der Waals surface area contributed by atoms with Crippen molar-refractivity contribution in [2.24, 2.45) is 0 Å². The summed E-state index contributed by atoms with van der Waals surface area (Å²) < 4.78 is 0. The first-order chi connectivity index (χ1) is 14.0. The molecule has 2 amide bonds. The second kappa shape index (κ2) is 11.3. The van der Waals surface area contributed by atoms with Crippen molar-refractivity contribution in [1.29, 1.82) is 0 Å². The average Bonchev–Trinajstić information content (AvgIpc) is 2.73. The van der Waals surface area contributed by atoms with Gasteiger partial charge in [-0.1, -0.05) is 26.3 Å². The van der Waals surface area contributed by atoms with E-state index in [2.05, 4.69) is 27.5 Å². The maximum Gasteiger partial charge on any atom is 0.328 e. The number of anilines is 3. The normalized spacial score (nSPS) is 11.8. The van der Waals surface area contributed by atoms with Crippen molar-refractivity contribution in [1.82, 2.24) is 9.97 Å². The average molecular weight is 402 g/mol. The topological polar surface area (TPSA) is 111 Å². The predicted molar refractivity (Wildman–Crippen MR) is 115 cm³/mol. The molecule has 29 heavy (non-hydrogen) atoms. The van der Waals surface area contributed by atoms with E-state index < -0.39 is 0 Å². The quantitative estimate of drug-likeness (QED) is 0.486. The van der Waals surface area contributed by atoms with Crippen molar-refractivity contribution >= 4 is 23.4 Å². The molecule has 0 aromatic carbocycles. The van der Waals surface area contributed by atoms with E-state index in [1.54, 1.807) is 29.3 Å². The predicted octanol–water partition coefficient (Wildman–Crippen LogP) is 3.30. The molecule has 0 radical (unpaired) electrons. The van der Waals surface area contributed by atoms with Crippen LogP contribution in [-0.4, -0.2) is 45.4 Å². The van der Waals surface area contributed by atoms with Crippen molar-refractivity contribution < 1.29 is 15.0 Å². The molecule has 2 aromatic rings. The number of hydrogen-bond donors (Lipinski definition) is 4. The number of carbonyl (C=O) groups excluding carboxylic acids is 1. The second-order valence-electron chi connectivity index (χ2n) is 6.83. The van der Waals surface area contributed by atoms with Gasteiger partial charge in [-0.05, 0) is 37.5 Å². The lowest BCUT2D eigenvalue weighted by Crippen LogP contribution is -2.44. The Labute approximate surface area is 172 Å². The molecule has 158 valence electrons. The van der Waals surface area contributed by atoms with Crippen LogP contribution in [0.4, 0.5) is 22.1 Å². The third-order valence-electron chi connectivity index (χ3n) is 4.63. The van der Waals surface area contributed by atoms with Gasteiger partial charge in [-0.3, -0.25) is 10.2 Å². The van der Waals surface area contributed by atoms with Crippen LogP contribution in [-0.2, 0) is 6.61 Å². The van der Waals surface area contributed by atoms with E-state index in [0.29, 0.717) is 23.9 Å². The molecule has 0 fully saturated rings. The largest absolute Gasteiger partial charge is 0.395 e. The number of aryl methyl sites for hydroxylation is 1. The van der Waals surface area contributed by atoms with Crippen molar-refractivity contribution in [2.75, 3.05) is 28.7 Å². The van der Waals surface area contributed by atoms with Crippen LogP contribution in [0.2, 0.25) is 0 Å². The van der Waals surface area contributed by atoms with Gasteiger partial charge < -0.3 is 15.5 Å². The maximum atomic E-state index is 13.3. The Bertz CT molecular complexity index is 800. The van der Waals surface area contributed by atoms with Gasteiger partial charge in [0.1, 0.15) is 11.6 Å². The lowest BCUT2D eigenvalue weighted by molar-refractivity contribution is 0.253. The molecule has 8 nitrogen and oxygen atoms in total. The number of pyridine rings is 2. The standard InChI is InChI=1S/C21H31N5O3/c1-4-6-18(5-2)26(20-15(3)7-8-17(14-28)24-20)21(29)25-19-13-16(9-10-23-19)22-11-12-27/h7-10,13,18,27-28H,4-6,11-12,14H2,1-3H3,(H2,22,23,25,29). The molecule has 8 heteroatoms. The van der Waals surface area contributed by atoms with Crippen LogP contribution < -0.4 is 15.5 Å². The molecule has 0 bridgehead atoms. The fraction of sp³-hybridized carbons (Fsp3) is 0.476. The monoisotopic (exact) mass is 401 g/mol. The van der Waals surface area contributed by atoms with E-state index in [0.717, 1.165) is 30.5 Å². The summed E-state index contributed by atoms with van der Waals surface area (Å²) in [6.45, 7) is 6.27. The number of amides is 2. The van der Waals surface area contributed by atoms with E-state index in [9.17, 15) is 9.90 Å². The molecule has 2 aromatic heterocycles. The Morgan fingerprint density at radius 1 is 1.24 bits per heavy atom. The number of rotatable bonds is 10. The summed E-state index contributed by atoms with van der Waals surface area (Å²) in [6, 6.07) is 6.76. The first-order valence-electron chi connectivity index (χ1n) is 10.0. The SMILES string of the molecule is CCCC(CC)N(C(=O)Nc1cc(NCCO)ccn1)c1nc(CO)ccc1C. The number of nitrogens with zero attached hydrogens (tertiary/aromatic N) is 3. The highest BCUT2D eigenvalue weighted by Gasteiger charge is 2.27. The van der Waals surface area contributed by atoms with E-state index in [1.807, 2.05) is 19.9 Å². The summed E-state index contributed by atoms with van der Waals surface area (Å²) in [5, 5.41) is 24.4. The zero-order chi connectivity index (χ0) is 21.2. The minimum atomic E-state index is -0.317. The van der Waals surface area contributed by atoms with Gasteiger partial charge in [0.05, 0.1) is 18.9 Å². The molecule has 0 saturated heterocycles. The zero-order valence-electron chi connectivity index (χ0n) is 17.4. The van der Waals surface area contributed by atoms with Crippen molar-refractivity contribution in [3.05, 3.63) is 41.7 Å². The Hall–Kier alpha value is -2.71. The van der Waals surface area contributed by atoms with Crippen LogP contribution >= 0.6 is 0 Å². The first kappa shape index (κ1) is 22.6. The number of urea groups is 1. The minimum Gasteiger partial charge on any atom is -0.395 e. The third-order valence-corrected chi connectivity index (χ3v) is 4.63. The molecule has 2 rings (SSSR count). The summed E-state index contributed by atoms with van der Waals surface area (Å²) in [4.78, 5) is 23.7. The molecule has 0 aliphatic heterocycles. The Kier molecular flexibility index (Phi) is 8.82. The first-order valence-corrected chi connectivity index (χ1v) is 10.0. The molecule has 4 N–H and O–H groups in total. The summed E-state index contributed by atoms with van der Waals surface area (Å²) in [7, 11) is 0. The number of hydrogen-bond acceptors (Lipinski definition) is 6. The summed E-state index contributed by atoms with van der Waals surface area (Å²) in [5.41, 5.74) is 2.13. The molecular weight excluding hydrogens is 370 g/mol. The molecule has 0 saturated carbocycles. The van der Waals surface area contributed by atoms with Crippen molar-refractivity contribution in [3.63, 3.8) is 0 Å². The molecule has 0 aliphatic carbocycles. The lowest BCUT2D eigenvalue weighted by atomic mass is 10.1. The Morgan fingerprint density at radius 2 is 2.03 bits per heavy atom. The van der Waals surface area contributed by atoms with E-state index >= 15 is 0 Å². The number of aliphatic hydroxyl groups excluding tert-OH is 2. The number of nitrogens with one attached hydrogen (secondary N) is 2. The molecule has 0 spiro atoms. The molecule has 1 atom stereocenters. The number of carbonyl (C=O) groups is 1. The summed E-state index contributed by atoms with van der Waals surface area (Å²) >= 11 is 0. The highest BCUT2D eigenvalue weighted by molar-refractivity contribution is 6.01. The fourth-order valence-corrected chi connectivity index (χ4v) is 3.15. The van der Waals surface area contributed by atoms with E-state index in [1.165, 1.54) is 0 Å². The molecule has 2 heterocycles. The fourth-order valence-electron chi connectivity index (χ4n) is 3.15. The van der Waals surface area contributed by atoms with E-state index in [-0.39, 0.29) is 25.3 Å². The van der Waals surface area contributed by atoms with Crippen LogP contribution in [0, 0.1) is 6.92 Å². The minimum absolute atomic E-state index is 0.0130. The number of aliphatic hydroxyl groups is 2. The highest BCUT2D eigenvalue weighted by atomic mass is 16.3. The molecular formula is C21H31N5O3. The second-order valence-corrected chi connectivity index (χ2v) is 6.83. The maximum absolute atomic E-state index is 13.3. The van der Waals surface area contributed by atoms with Crippen molar-refractivity contribution in [2.45, 2.75) is 52.7 Å². The molecule has 0 aliphatic rings. The Balaban J connectivity index is 2.35. The summed E-state index contributed by atoms with van der Waals surface area (Å²) in [6.07, 6.45) is 4.13. The highest BCUT2D eigenvalue weighted by Crippen LogP contribution is 2.25. The van der Waals surface area contributed by atoms with Gasteiger partial charge in [-0.25, -0.2) is 14.8 Å². The third kappa shape index (κ3) is 6.13. The Morgan fingerprint density at radius 3 is 2.69 bits per heavy atom. The van der Waals surface area contributed by atoms with Gasteiger partial charge in [-0.2, -0.15) is 0 Å².